The van der Waals surface area contributed by atoms with E-state index in [-0.39, 0.29) is 4.90 Å². The molecule has 2 heterocycles. The van der Waals surface area contributed by atoms with Gasteiger partial charge < -0.3 is 4.98 Å². The Bertz CT molecular complexity index is 1140. The average molecular weight is 374 g/mol. The van der Waals surface area contributed by atoms with E-state index in [9.17, 15) is 8.42 Å². The zero-order chi connectivity index (χ0) is 17.4. The van der Waals surface area contributed by atoms with E-state index in [0.717, 1.165) is 5.69 Å². The molecule has 0 aliphatic heterocycles. The topological polar surface area (TPSA) is 92.7 Å². The third-order valence-corrected chi connectivity index (χ3v) is 5.35. The number of nitrogens with zero attached hydrogens (tertiary/aromatic N) is 3. The normalized spacial score (nSPS) is 11.7. The molecule has 126 valence electrons. The van der Waals surface area contributed by atoms with Gasteiger partial charge in [0, 0.05) is 27.8 Å². The molecule has 0 saturated heterocycles. The first-order valence-corrected chi connectivity index (χ1v) is 9.13. The quantitative estimate of drug-likeness (QED) is 0.574. The minimum absolute atomic E-state index is 0.166. The van der Waals surface area contributed by atoms with Crippen LogP contribution in [0.5, 0.6) is 0 Å². The van der Waals surface area contributed by atoms with Crippen LogP contribution in [0.25, 0.3) is 16.6 Å². The van der Waals surface area contributed by atoms with Gasteiger partial charge in [-0.15, -0.1) is 0 Å². The molecule has 4 rings (SSSR count). The molecule has 0 saturated carbocycles. The minimum Gasteiger partial charge on any atom is -0.360 e. The van der Waals surface area contributed by atoms with Gasteiger partial charge in [0.15, 0.2) is 0 Å². The van der Waals surface area contributed by atoms with E-state index in [1.54, 1.807) is 53.5 Å². The van der Waals surface area contributed by atoms with Crippen molar-refractivity contribution in [2.75, 3.05) is 4.72 Å². The molecule has 0 spiro atoms. The van der Waals surface area contributed by atoms with Crippen LogP contribution < -0.4 is 4.72 Å². The van der Waals surface area contributed by atoms with E-state index >= 15 is 0 Å². The Balaban J connectivity index is 1.64. The number of rotatable bonds is 4. The lowest BCUT2D eigenvalue weighted by molar-refractivity contribution is 0.602. The van der Waals surface area contributed by atoms with Gasteiger partial charge in [-0.3, -0.25) is 4.72 Å². The van der Waals surface area contributed by atoms with Crippen LogP contribution in [0.1, 0.15) is 0 Å². The number of hydrogen-bond acceptors (Lipinski definition) is 4. The highest BCUT2D eigenvalue weighted by atomic mass is 35.5. The van der Waals surface area contributed by atoms with Crippen molar-refractivity contribution in [2.45, 2.75) is 4.90 Å². The average Bonchev–Trinajstić information content (AvgIpc) is 3.24. The number of benzene rings is 2. The molecule has 2 N–H and O–H groups in total. The van der Waals surface area contributed by atoms with Crippen molar-refractivity contribution in [1.82, 2.24) is 19.7 Å². The first-order chi connectivity index (χ1) is 12.0. The Hall–Kier alpha value is -2.84. The van der Waals surface area contributed by atoms with Gasteiger partial charge in [-0.1, -0.05) is 11.6 Å². The molecule has 0 fully saturated rings. The number of halogens is 1. The van der Waals surface area contributed by atoms with E-state index in [0.29, 0.717) is 21.6 Å². The monoisotopic (exact) mass is 373 g/mol. The molecule has 4 aromatic rings. The molecular weight excluding hydrogens is 362 g/mol. The van der Waals surface area contributed by atoms with Crippen molar-refractivity contribution in [2.24, 2.45) is 0 Å². The second-order valence-corrected chi connectivity index (χ2v) is 7.42. The maximum Gasteiger partial charge on any atom is 0.264 e. The number of H-pyrrole nitrogens is 1. The molecule has 7 nitrogen and oxygen atoms in total. The summed E-state index contributed by atoms with van der Waals surface area (Å²) in [7, 11) is -3.74. The fourth-order valence-electron chi connectivity index (χ4n) is 2.53. The van der Waals surface area contributed by atoms with E-state index < -0.39 is 10.0 Å². The second kappa shape index (κ2) is 5.91. The van der Waals surface area contributed by atoms with Gasteiger partial charge in [-0.2, -0.15) is 5.10 Å². The summed E-state index contributed by atoms with van der Waals surface area (Å²) >= 11 is 5.93. The first-order valence-electron chi connectivity index (χ1n) is 7.27. The number of hydrogen-bond donors (Lipinski definition) is 2. The van der Waals surface area contributed by atoms with Gasteiger partial charge in [0.1, 0.15) is 17.6 Å². The molecule has 0 aliphatic carbocycles. The van der Waals surface area contributed by atoms with Gasteiger partial charge in [0.25, 0.3) is 10.0 Å². The van der Waals surface area contributed by atoms with E-state index in [1.807, 2.05) is 0 Å². The van der Waals surface area contributed by atoms with E-state index in [1.165, 1.54) is 12.5 Å². The number of fused-ring (bicyclic) bond motifs is 1. The van der Waals surface area contributed by atoms with Gasteiger partial charge in [0.2, 0.25) is 0 Å². The van der Waals surface area contributed by atoms with Crippen molar-refractivity contribution in [3.05, 3.63) is 66.3 Å². The molecule has 0 radical (unpaired) electrons. The van der Waals surface area contributed by atoms with Crippen LogP contribution >= 0.6 is 11.6 Å². The fraction of sp³-hybridized carbons (Fsp3) is 0. The summed E-state index contributed by atoms with van der Waals surface area (Å²) in [5, 5.41) is 5.14. The first kappa shape index (κ1) is 15.7. The van der Waals surface area contributed by atoms with Gasteiger partial charge in [0.05, 0.1) is 5.69 Å². The Morgan fingerprint density at radius 3 is 2.64 bits per heavy atom. The van der Waals surface area contributed by atoms with Crippen molar-refractivity contribution in [3.63, 3.8) is 0 Å². The number of sulfonamides is 1. The smallest absolute Gasteiger partial charge is 0.264 e. The molecule has 2 aromatic heterocycles. The summed E-state index contributed by atoms with van der Waals surface area (Å²) in [6.07, 6.45) is 4.45. The molecule has 0 atom stereocenters. The second-order valence-electron chi connectivity index (χ2n) is 5.34. The lowest BCUT2D eigenvalue weighted by atomic mass is 10.2. The largest absolute Gasteiger partial charge is 0.360 e. The van der Waals surface area contributed by atoms with E-state index in [2.05, 4.69) is 19.8 Å². The highest BCUT2D eigenvalue weighted by molar-refractivity contribution is 7.93. The predicted octanol–water partition coefficient (Wildman–Crippen LogP) is 3.20. The predicted molar refractivity (Wildman–Crippen MR) is 95.5 cm³/mol. The zero-order valence-corrected chi connectivity index (χ0v) is 14.3. The lowest BCUT2D eigenvalue weighted by Gasteiger charge is -2.08. The molecule has 0 bridgehead atoms. The van der Waals surface area contributed by atoms with E-state index in [4.69, 9.17) is 11.6 Å². The van der Waals surface area contributed by atoms with Gasteiger partial charge in [-0.25, -0.2) is 18.1 Å². The molecule has 0 aliphatic rings. The molecule has 0 unspecified atom stereocenters. The molecule has 0 amide bonds. The summed E-state index contributed by atoms with van der Waals surface area (Å²) < 4.78 is 29.5. The maximum atomic E-state index is 12.7. The van der Waals surface area contributed by atoms with Crippen molar-refractivity contribution in [3.8, 4) is 5.69 Å². The Labute approximate surface area is 148 Å². The highest BCUT2D eigenvalue weighted by Gasteiger charge is 2.19. The summed E-state index contributed by atoms with van der Waals surface area (Å²) in [4.78, 5) is 6.97. The summed E-state index contributed by atoms with van der Waals surface area (Å²) in [6, 6.07) is 11.9. The third kappa shape index (κ3) is 2.97. The Morgan fingerprint density at radius 2 is 1.92 bits per heavy atom. The molecular formula is C16H12ClN5O2S. The summed E-state index contributed by atoms with van der Waals surface area (Å²) in [6.45, 7) is 0. The van der Waals surface area contributed by atoms with Crippen molar-refractivity contribution >= 4 is 38.2 Å². The van der Waals surface area contributed by atoms with Crippen molar-refractivity contribution in [1.29, 1.82) is 0 Å². The number of anilines is 1. The minimum atomic E-state index is -3.74. The third-order valence-electron chi connectivity index (χ3n) is 3.70. The highest BCUT2D eigenvalue weighted by Crippen LogP contribution is 2.27. The summed E-state index contributed by atoms with van der Waals surface area (Å²) in [5.74, 6) is 0. The molecule has 2 aromatic carbocycles. The van der Waals surface area contributed by atoms with Crippen LogP contribution in [0.3, 0.4) is 0 Å². The van der Waals surface area contributed by atoms with Crippen LogP contribution in [0, 0.1) is 0 Å². The number of aromatic amines is 1. The zero-order valence-electron chi connectivity index (χ0n) is 12.7. The fourth-order valence-corrected chi connectivity index (χ4v) is 3.94. The molecule has 25 heavy (non-hydrogen) atoms. The molecule has 9 heteroatoms. The standard InChI is InChI=1S/C16H12ClN5O2S/c17-11-1-6-14-15(7-11)19-8-16(14)25(23,24)21-12-2-4-13(5-3-12)22-10-18-9-20-22/h1-10,19,21H. The van der Waals surface area contributed by atoms with Gasteiger partial charge in [-0.05, 0) is 42.5 Å². The Morgan fingerprint density at radius 1 is 1.12 bits per heavy atom. The van der Waals surface area contributed by atoms with Gasteiger partial charge >= 0.3 is 0 Å². The SMILES string of the molecule is O=S(=O)(Nc1ccc(-n2cncn2)cc1)c1c[nH]c2cc(Cl)ccc12. The maximum absolute atomic E-state index is 12.7. The van der Waals surface area contributed by atoms with Crippen LogP contribution in [-0.2, 0) is 10.0 Å². The summed E-state index contributed by atoms with van der Waals surface area (Å²) in [5.41, 5.74) is 1.89. The number of aromatic nitrogens is 4. The van der Waals surface area contributed by atoms with Crippen LogP contribution in [-0.4, -0.2) is 28.2 Å². The van der Waals surface area contributed by atoms with Crippen molar-refractivity contribution < 1.29 is 8.42 Å². The van der Waals surface area contributed by atoms with Crippen LogP contribution in [0.15, 0.2) is 66.2 Å². The van der Waals surface area contributed by atoms with Crippen LogP contribution in [0.2, 0.25) is 5.02 Å². The number of nitrogens with one attached hydrogen (secondary N) is 2. The lowest BCUT2D eigenvalue weighted by Crippen LogP contribution is -2.12. The van der Waals surface area contributed by atoms with Crippen LogP contribution in [0.4, 0.5) is 5.69 Å². The Kier molecular flexibility index (Phi) is 3.70.